The molecule has 1 aliphatic carbocycles. The smallest absolute Gasteiger partial charge is 0.329 e. The predicted molar refractivity (Wildman–Crippen MR) is 129 cm³/mol. The lowest BCUT2D eigenvalue weighted by molar-refractivity contribution is -0.145. The number of rotatable bonds is 8. The molecule has 0 amide bonds. The van der Waals surface area contributed by atoms with Gasteiger partial charge in [0.05, 0.1) is 25.4 Å². The maximum Gasteiger partial charge on any atom is 0.329 e. The van der Waals surface area contributed by atoms with E-state index in [0.717, 1.165) is 25.7 Å². The van der Waals surface area contributed by atoms with E-state index < -0.39 is 23.1 Å². The lowest BCUT2D eigenvalue weighted by atomic mass is 9.89. The molecule has 4 rings (SSSR count). The van der Waals surface area contributed by atoms with Crippen LogP contribution in [0, 0.1) is 25.5 Å². The summed E-state index contributed by atoms with van der Waals surface area (Å²) in [5.74, 6) is -2.35. The highest BCUT2D eigenvalue weighted by molar-refractivity contribution is 5.83. The number of benzene rings is 2. The van der Waals surface area contributed by atoms with Gasteiger partial charge in [-0.15, -0.1) is 0 Å². The number of methoxy groups -OCH3 is 1. The van der Waals surface area contributed by atoms with E-state index in [1.807, 2.05) is 0 Å². The summed E-state index contributed by atoms with van der Waals surface area (Å²) in [5.41, 5.74) is 0.897. The molecule has 2 aliphatic rings. The average Bonchev–Trinajstić information content (AvgIpc) is 3.37. The third kappa shape index (κ3) is 5.00. The van der Waals surface area contributed by atoms with E-state index in [4.69, 9.17) is 14.2 Å². The number of hydrogen-bond acceptors (Lipinski definition) is 5. The third-order valence-corrected chi connectivity index (χ3v) is 7.37. The second kappa shape index (κ2) is 10.5. The van der Waals surface area contributed by atoms with Gasteiger partial charge in [-0.05, 0) is 61.1 Å². The van der Waals surface area contributed by atoms with Gasteiger partial charge in [-0.25, -0.2) is 13.6 Å². The summed E-state index contributed by atoms with van der Waals surface area (Å²) >= 11 is 0. The Bertz CT molecular complexity index is 1090. The van der Waals surface area contributed by atoms with Crippen LogP contribution < -0.4 is 10.1 Å². The average molecular weight is 490 g/mol. The molecule has 2 N–H and O–H groups in total. The second-order valence-electron chi connectivity index (χ2n) is 9.50. The van der Waals surface area contributed by atoms with Crippen LogP contribution in [0.4, 0.5) is 14.5 Å². The summed E-state index contributed by atoms with van der Waals surface area (Å²) in [6.45, 7) is 4.07. The van der Waals surface area contributed by atoms with Gasteiger partial charge in [0.25, 0.3) is 0 Å². The van der Waals surface area contributed by atoms with Crippen LogP contribution in [0.25, 0.3) is 11.1 Å². The van der Waals surface area contributed by atoms with Crippen molar-refractivity contribution in [3.63, 3.8) is 0 Å². The molecule has 1 heterocycles. The van der Waals surface area contributed by atoms with Gasteiger partial charge in [0.15, 0.2) is 11.6 Å². The summed E-state index contributed by atoms with van der Waals surface area (Å²) in [5, 5.41) is 13.1. The molecule has 2 aromatic carbocycles. The normalized spacial score (nSPS) is 18.0. The van der Waals surface area contributed by atoms with Gasteiger partial charge in [-0.2, -0.15) is 0 Å². The van der Waals surface area contributed by atoms with Gasteiger partial charge in [0.1, 0.15) is 11.4 Å². The van der Waals surface area contributed by atoms with Crippen molar-refractivity contribution in [3.8, 4) is 16.9 Å². The Morgan fingerprint density at radius 3 is 2.46 bits per heavy atom. The van der Waals surface area contributed by atoms with Gasteiger partial charge in [0.2, 0.25) is 0 Å². The Hall–Kier alpha value is -2.71. The van der Waals surface area contributed by atoms with Gasteiger partial charge < -0.3 is 24.6 Å². The molecular weight excluding hydrogens is 456 g/mol. The first-order valence-corrected chi connectivity index (χ1v) is 12.1. The minimum Gasteiger partial charge on any atom is -0.493 e. The first-order chi connectivity index (χ1) is 16.8. The highest BCUT2D eigenvalue weighted by Gasteiger charge is 2.40. The Balaban J connectivity index is 1.77. The number of nitrogens with one attached hydrogen (secondary N) is 1. The molecule has 190 valence electrons. The van der Waals surface area contributed by atoms with E-state index in [1.165, 1.54) is 7.11 Å². The van der Waals surface area contributed by atoms with Crippen LogP contribution in [-0.4, -0.2) is 43.0 Å². The fraction of sp³-hybridized carbons (Fsp3) is 0.519. The minimum absolute atomic E-state index is 0.01000. The zero-order valence-corrected chi connectivity index (χ0v) is 20.5. The summed E-state index contributed by atoms with van der Waals surface area (Å²) in [4.78, 5) is 12.1. The van der Waals surface area contributed by atoms with E-state index in [9.17, 15) is 9.90 Å². The monoisotopic (exact) mass is 489 g/mol. The van der Waals surface area contributed by atoms with Crippen molar-refractivity contribution >= 4 is 11.7 Å². The Labute approximate surface area is 204 Å². The third-order valence-electron chi connectivity index (χ3n) is 7.37. The maximum atomic E-state index is 15.5. The van der Waals surface area contributed by atoms with Crippen molar-refractivity contribution < 1.29 is 32.9 Å². The number of ether oxygens (including phenoxy) is 3. The van der Waals surface area contributed by atoms with Crippen LogP contribution >= 0.6 is 0 Å². The van der Waals surface area contributed by atoms with E-state index in [-0.39, 0.29) is 24.0 Å². The van der Waals surface area contributed by atoms with Crippen LogP contribution in [0.1, 0.15) is 55.2 Å². The molecule has 0 bridgehead atoms. The molecule has 35 heavy (non-hydrogen) atoms. The largest absolute Gasteiger partial charge is 0.493 e. The highest BCUT2D eigenvalue weighted by Crippen LogP contribution is 2.40. The number of carboxylic acids is 1. The SMILES string of the molecule is COc1c(C)c(C)c(F)c(-c2ccc(NC3(C(=O)O)CCOCC3)cc2COC2CCCC2)c1F. The molecule has 6 nitrogen and oxygen atoms in total. The Morgan fingerprint density at radius 1 is 1.14 bits per heavy atom. The number of halogens is 2. The van der Waals surface area contributed by atoms with Crippen LogP contribution in [-0.2, 0) is 20.9 Å². The first kappa shape index (κ1) is 25.4. The fourth-order valence-corrected chi connectivity index (χ4v) is 5.06. The van der Waals surface area contributed by atoms with Crippen molar-refractivity contribution in [2.45, 2.75) is 70.6 Å². The molecule has 0 spiro atoms. The second-order valence-corrected chi connectivity index (χ2v) is 9.50. The topological polar surface area (TPSA) is 77.0 Å². The van der Waals surface area contributed by atoms with Gasteiger partial charge in [0, 0.05) is 31.7 Å². The predicted octanol–water partition coefficient (Wildman–Crippen LogP) is 5.76. The number of hydrogen-bond donors (Lipinski definition) is 2. The van der Waals surface area contributed by atoms with Crippen LogP contribution in [0.3, 0.4) is 0 Å². The number of carbonyl (C=O) groups is 1. The minimum atomic E-state index is -1.16. The van der Waals surface area contributed by atoms with Gasteiger partial charge in [-0.1, -0.05) is 18.9 Å². The lowest BCUT2D eigenvalue weighted by Crippen LogP contribution is -2.50. The van der Waals surface area contributed by atoms with E-state index >= 15 is 8.78 Å². The molecule has 0 radical (unpaired) electrons. The van der Waals surface area contributed by atoms with E-state index in [0.29, 0.717) is 54.0 Å². The Morgan fingerprint density at radius 2 is 1.83 bits per heavy atom. The number of anilines is 1. The molecule has 2 aromatic rings. The molecule has 0 aromatic heterocycles. The van der Waals surface area contributed by atoms with Crippen LogP contribution in [0.5, 0.6) is 5.75 Å². The summed E-state index contributed by atoms with van der Waals surface area (Å²) in [7, 11) is 1.36. The van der Waals surface area contributed by atoms with Crippen LogP contribution in [0.15, 0.2) is 18.2 Å². The molecule has 0 atom stereocenters. The fourth-order valence-electron chi connectivity index (χ4n) is 5.06. The standard InChI is InChI=1S/C27H33F2NO5/c1-16-17(2)25(33-3)24(29)22(23(16)28)21-9-8-19(14-18(21)15-35-20-6-4-5-7-20)30-27(26(31)32)10-12-34-13-11-27/h8-9,14,20,30H,4-7,10-13,15H2,1-3H3,(H,31,32). The zero-order chi connectivity index (χ0) is 25.2. The Kier molecular flexibility index (Phi) is 7.62. The molecule has 1 saturated carbocycles. The van der Waals surface area contributed by atoms with Gasteiger partial charge in [-0.3, -0.25) is 0 Å². The molecular formula is C27H33F2NO5. The number of carboxylic acid groups (broad SMARTS) is 1. The zero-order valence-electron chi connectivity index (χ0n) is 20.5. The number of aliphatic carboxylic acids is 1. The van der Waals surface area contributed by atoms with E-state index in [1.54, 1.807) is 32.0 Å². The molecule has 0 unspecified atom stereocenters. The van der Waals surface area contributed by atoms with Crippen molar-refractivity contribution in [2.24, 2.45) is 0 Å². The lowest BCUT2D eigenvalue weighted by Gasteiger charge is -2.35. The summed E-state index contributed by atoms with van der Waals surface area (Å²) < 4.78 is 47.7. The summed E-state index contributed by atoms with van der Waals surface area (Å²) in [6, 6.07) is 5.03. The first-order valence-electron chi connectivity index (χ1n) is 12.1. The maximum absolute atomic E-state index is 15.5. The van der Waals surface area contributed by atoms with Crippen LogP contribution in [0.2, 0.25) is 0 Å². The molecule has 1 aliphatic heterocycles. The molecule has 1 saturated heterocycles. The van der Waals surface area contributed by atoms with Gasteiger partial charge >= 0.3 is 5.97 Å². The molecule has 2 fully saturated rings. The van der Waals surface area contributed by atoms with Crippen molar-refractivity contribution in [2.75, 3.05) is 25.6 Å². The van der Waals surface area contributed by atoms with Crippen molar-refractivity contribution in [1.82, 2.24) is 0 Å². The highest BCUT2D eigenvalue weighted by atomic mass is 19.1. The van der Waals surface area contributed by atoms with E-state index in [2.05, 4.69) is 5.32 Å². The summed E-state index contributed by atoms with van der Waals surface area (Å²) in [6.07, 6.45) is 4.83. The molecule has 8 heteroatoms. The quantitative estimate of drug-likeness (QED) is 0.491. The van der Waals surface area contributed by atoms with Crippen molar-refractivity contribution in [3.05, 3.63) is 46.5 Å². The van der Waals surface area contributed by atoms with Crippen molar-refractivity contribution in [1.29, 1.82) is 0 Å².